The molecule has 3 heterocycles. The molecule has 1 aromatic carbocycles. The number of H-pyrrole nitrogens is 1. The third-order valence-corrected chi connectivity index (χ3v) is 4.68. The van der Waals surface area contributed by atoms with Gasteiger partial charge in [-0.25, -0.2) is 0 Å². The molecule has 0 spiro atoms. The van der Waals surface area contributed by atoms with Crippen molar-refractivity contribution in [2.24, 2.45) is 0 Å². The molecule has 1 aliphatic heterocycles. The number of amides is 1. The first kappa shape index (κ1) is 17.3. The Balaban J connectivity index is 1.85. The lowest BCUT2D eigenvalue weighted by molar-refractivity contribution is -0.113. The second kappa shape index (κ2) is 6.90. The fourth-order valence-electron chi connectivity index (χ4n) is 3.43. The van der Waals surface area contributed by atoms with Crippen LogP contribution in [0, 0.1) is 0 Å². The Bertz CT molecular complexity index is 946. The van der Waals surface area contributed by atoms with E-state index in [1.165, 1.54) is 14.2 Å². The number of benzene rings is 1. The van der Waals surface area contributed by atoms with Gasteiger partial charge in [0.1, 0.15) is 11.4 Å². The summed E-state index contributed by atoms with van der Waals surface area (Å²) in [6.45, 7) is 0.208. The molecule has 1 amide bonds. The summed E-state index contributed by atoms with van der Waals surface area (Å²) >= 11 is 0. The Morgan fingerprint density at radius 2 is 2.11 bits per heavy atom. The molecule has 0 radical (unpaired) electrons. The molecule has 2 N–H and O–H groups in total. The van der Waals surface area contributed by atoms with Gasteiger partial charge in [-0.3, -0.25) is 9.89 Å². The van der Waals surface area contributed by atoms with Crippen LogP contribution in [-0.2, 0) is 9.47 Å². The number of methoxy groups -OCH3 is 2. The van der Waals surface area contributed by atoms with E-state index in [2.05, 4.69) is 10.2 Å². The first-order valence-corrected chi connectivity index (χ1v) is 8.41. The van der Waals surface area contributed by atoms with Crippen LogP contribution in [0.25, 0.3) is 11.5 Å². The highest BCUT2D eigenvalue weighted by Gasteiger charge is 2.43. The van der Waals surface area contributed by atoms with E-state index in [-0.39, 0.29) is 18.2 Å². The van der Waals surface area contributed by atoms with Crippen molar-refractivity contribution in [3.63, 3.8) is 0 Å². The minimum atomic E-state index is -0.589. The van der Waals surface area contributed by atoms with Crippen LogP contribution in [0.1, 0.15) is 27.7 Å². The number of carbonyl (C=O) groups is 1. The van der Waals surface area contributed by atoms with Gasteiger partial charge in [0, 0.05) is 19.8 Å². The average molecular weight is 369 g/mol. The van der Waals surface area contributed by atoms with Gasteiger partial charge < -0.3 is 23.9 Å². The smallest absolute Gasteiger partial charge is 0.275 e. The van der Waals surface area contributed by atoms with Gasteiger partial charge in [-0.15, -0.1) is 0 Å². The van der Waals surface area contributed by atoms with Crippen molar-refractivity contribution < 1.29 is 23.8 Å². The number of rotatable bonds is 6. The molecule has 2 aromatic heterocycles. The first-order chi connectivity index (χ1) is 13.1. The number of aromatic amines is 1. The van der Waals surface area contributed by atoms with Crippen molar-refractivity contribution in [3.8, 4) is 17.2 Å². The third kappa shape index (κ3) is 2.88. The Morgan fingerprint density at radius 3 is 2.78 bits per heavy atom. The molecule has 0 aliphatic carbocycles. The maximum atomic E-state index is 13.1. The van der Waals surface area contributed by atoms with Crippen molar-refractivity contribution in [3.05, 3.63) is 59.5 Å². The molecule has 8 nitrogen and oxygen atoms in total. The minimum Gasteiger partial charge on any atom is -0.508 e. The summed E-state index contributed by atoms with van der Waals surface area (Å²) in [5.74, 6) is 0.455. The van der Waals surface area contributed by atoms with Crippen molar-refractivity contribution in [1.29, 1.82) is 0 Å². The van der Waals surface area contributed by atoms with Crippen molar-refractivity contribution >= 4 is 5.91 Å². The monoisotopic (exact) mass is 369 g/mol. The number of phenols is 1. The molecule has 3 aromatic rings. The van der Waals surface area contributed by atoms with Crippen molar-refractivity contribution in [1.82, 2.24) is 15.1 Å². The van der Waals surface area contributed by atoms with Gasteiger partial charge >= 0.3 is 0 Å². The van der Waals surface area contributed by atoms with Gasteiger partial charge in [-0.05, 0) is 29.8 Å². The Morgan fingerprint density at radius 1 is 1.30 bits per heavy atom. The van der Waals surface area contributed by atoms with Crippen molar-refractivity contribution in [2.75, 3.05) is 20.8 Å². The van der Waals surface area contributed by atoms with Crippen LogP contribution in [0.2, 0.25) is 0 Å². The maximum Gasteiger partial charge on any atom is 0.275 e. The summed E-state index contributed by atoms with van der Waals surface area (Å²) in [7, 11) is 3.04. The minimum absolute atomic E-state index is 0.117. The molecule has 0 fully saturated rings. The lowest BCUT2D eigenvalue weighted by Gasteiger charge is -2.29. The normalized spacial score (nSPS) is 16.3. The molecular formula is C19H19N3O5. The van der Waals surface area contributed by atoms with E-state index < -0.39 is 12.3 Å². The summed E-state index contributed by atoms with van der Waals surface area (Å²) in [4.78, 5) is 14.7. The first-order valence-electron chi connectivity index (χ1n) is 8.41. The number of hydrogen-bond donors (Lipinski definition) is 2. The Hall–Kier alpha value is -3.10. The molecule has 140 valence electrons. The number of furan rings is 1. The summed E-state index contributed by atoms with van der Waals surface area (Å²) in [5.41, 5.74) is 2.40. The summed E-state index contributed by atoms with van der Waals surface area (Å²) < 4.78 is 16.1. The second-order valence-corrected chi connectivity index (χ2v) is 6.19. The topological polar surface area (TPSA) is 101 Å². The zero-order chi connectivity index (χ0) is 19.0. The number of nitrogens with one attached hydrogen (secondary N) is 1. The van der Waals surface area contributed by atoms with Crippen LogP contribution in [0.3, 0.4) is 0 Å². The van der Waals surface area contributed by atoms with Crippen LogP contribution in [0.5, 0.6) is 5.75 Å². The molecule has 8 heteroatoms. The molecule has 27 heavy (non-hydrogen) atoms. The molecule has 1 atom stereocenters. The highest BCUT2D eigenvalue weighted by Crippen LogP contribution is 2.43. The molecule has 4 rings (SSSR count). The number of fused-ring (bicyclic) bond motifs is 1. The van der Waals surface area contributed by atoms with Gasteiger partial charge in [-0.2, -0.15) is 5.10 Å². The highest BCUT2D eigenvalue weighted by atomic mass is 16.7. The average Bonchev–Trinajstić information content (AvgIpc) is 3.38. The molecule has 1 unspecified atom stereocenters. The lowest BCUT2D eigenvalue weighted by atomic mass is 9.98. The van der Waals surface area contributed by atoms with Gasteiger partial charge in [0.05, 0.1) is 18.8 Å². The summed E-state index contributed by atoms with van der Waals surface area (Å²) in [6.07, 6.45) is 0.973. The van der Waals surface area contributed by atoms with Crippen LogP contribution >= 0.6 is 0 Å². The van der Waals surface area contributed by atoms with E-state index in [4.69, 9.17) is 13.9 Å². The Labute approximate surface area is 155 Å². The fourth-order valence-corrected chi connectivity index (χ4v) is 3.43. The van der Waals surface area contributed by atoms with Gasteiger partial charge in [-0.1, -0.05) is 12.1 Å². The van der Waals surface area contributed by atoms with Crippen LogP contribution < -0.4 is 0 Å². The van der Waals surface area contributed by atoms with Crippen LogP contribution in [0.15, 0.2) is 47.1 Å². The molecule has 0 saturated carbocycles. The fraction of sp³-hybridized carbons (Fsp3) is 0.263. The van der Waals surface area contributed by atoms with Gasteiger partial charge in [0.25, 0.3) is 5.91 Å². The van der Waals surface area contributed by atoms with E-state index in [1.807, 2.05) is 6.07 Å². The number of aromatic nitrogens is 2. The zero-order valence-electron chi connectivity index (χ0n) is 14.9. The SMILES string of the molecule is COC(CN1C(=O)c2n[nH]c(-c3ccco3)c2C1c1cccc(O)c1)OC. The molecule has 0 saturated heterocycles. The Kier molecular flexibility index (Phi) is 4.43. The molecular weight excluding hydrogens is 350 g/mol. The molecule has 0 bridgehead atoms. The number of ether oxygens (including phenoxy) is 2. The predicted molar refractivity (Wildman–Crippen MR) is 95.1 cm³/mol. The number of nitrogens with zero attached hydrogens (tertiary/aromatic N) is 2. The van der Waals surface area contributed by atoms with Crippen LogP contribution in [0.4, 0.5) is 0 Å². The lowest BCUT2D eigenvalue weighted by Crippen LogP contribution is -2.38. The quantitative estimate of drug-likeness (QED) is 0.648. The summed E-state index contributed by atoms with van der Waals surface area (Å²) in [6, 6.07) is 9.91. The van der Waals surface area contributed by atoms with Crippen LogP contribution in [-0.4, -0.2) is 53.2 Å². The summed E-state index contributed by atoms with van der Waals surface area (Å²) in [5, 5.41) is 17.1. The van der Waals surface area contributed by atoms with Gasteiger partial charge in [0.2, 0.25) is 0 Å². The number of carbonyl (C=O) groups excluding carboxylic acids is 1. The van der Waals surface area contributed by atoms with E-state index in [0.717, 1.165) is 5.56 Å². The van der Waals surface area contributed by atoms with Crippen molar-refractivity contribution in [2.45, 2.75) is 12.3 Å². The van der Waals surface area contributed by atoms with E-state index in [0.29, 0.717) is 22.7 Å². The number of aromatic hydroxyl groups is 1. The highest BCUT2D eigenvalue weighted by molar-refractivity contribution is 6.00. The zero-order valence-corrected chi connectivity index (χ0v) is 14.9. The van der Waals surface area contributed by atoms with E-state index in [1.54, 1.807) is 41.5 Å². The standard InChI is InChI=1S/C19H19N3O5/c1-25-14(26-2)10-22-18(11-5-3-6-12(23)9-11)15-16(13-7-4-8-27-13)20-21-17(15)19(22)24/h3-9,14,18,23H,10H2,1-2H3,(H,20,21). The number of phenolic OH excluding ortho intramolecular Hbond substituents is 1. The van der Waals surface area contributed by atoms with E-state index >= 15 is 0 Å². The third-order valence-electron chi connectivity index (χ3n) is 4.68. The van der Waals surface area contributed by atoms with Gasteiger partial charge in [0.15, 0.2) is 17.7 Å². The molecule has 1 aliphatic rings. The predicted octanol–water partition coefficient (Wildman–Crippen LogP) is 2.54. The number of hydrogen-bond acceptors (Lipinski definition) is 6. The second-order valence-electron chi connectivity index (χ2n) is 6.19. The van der Waals surface area contributed by atoms with E-state index in [9.17, 15) is 9.90 Å². The maximum absolute atomic E-state index is 13.1. The largest absolute Gasteiger partial charge is 0.508 e.